The normalized spacial score (nSPS) is 14.4. The van der Waals surface area contributed by atoms with E-state index in [9.17, 15) is 19.0 Å². The highest BCUT2D eigenvalue weighted by Gasteiger charge is 2.21. The maximum atomic E-state index is 12.5. The van der Waals surface area contributed by atoms with Gasteiger partial charge in [0.15, 0.2) is 6.10 Å². The fraction of sp³-hybridized carbons (Fsp3) is 0.737. The molecule has 0 aromatic rings. The van der Waals surface area contributed by atoms with E-state index in [1.165, 1.54) is 32.1 Å². The number of quaternary nitrogens is 1. The van der Waals surface area contributed by atoms with Gasteiger partial charge in [-0.15, -0.1) is 0 Å². The van der Waals surface area contributed by atoms with Crippen molar-refractivity contribution in [1.29, 1.82) is 0 Å². The topological polar surface area (TPSA) is 111 Å². The number of ether oxygens (including phenoxy) is 2. The molecule has 0 N–H and O–H groups in total. The third-order valence-electron chi connectivity index (χ3n) is 7.36. The highest BCUT2D eigenvalue weighted by molar-refractivity contribution is 7.45. The third-order valence-corrected chi connectivity index (χ3v) is 8.33. The standard InChI is InChI=1S/C38H68NO8P/c1-6-8-10-12-14-16-17-18-19-20-21-23-24-26-28-30-37(40)44-34-36(35-46-48(42,43)45-33-32-39(3,4)5)47-38(41)31-29-27-25-22-15-13-11-9-7-2/h8,10,14,16,18-19,21,23,36H,6-7,9,11-13,15,17,20,22,24-35H2,1-5H3/b10-8+,16-14+,19-18+,23-21+/t36-/m0/s1. The Morgan fingerprint density at radius 3 is 1.77 bits per heavy atom. The lowest BCUT2D eigenvalue weighted by Gasteiger charge is -2.28. The Morgan fingerprint density at radius 1 is 0.667 bits per heavy atom. The molecule has 0 fully saturated rings. The van der Waals surface area contributed by atoms with Crippen LogP contribution < -0.4 is 4.89 Å². The quantitative estimate of drug-likeness (QED) is 0.0225. The molecular weight excluding hydrogens is 629 g/mol. The zero-order valence-electron chi connectivity index (χ0n) is 30.9. The van der Waals surface area contributed by atoms with Crippen LogP contribution in [0.4, 0.5) is 0 Å². The number of carbonyl (C=O) groups is 2. The summed E-state index contributed by atoms with van der Waals surface area (Å²) in [4.78, 5) is 37.2. The van der Waals surface area contributed by atoms with E-state index < -0.39 is 32.5 Å². The van der Waals surface area contributed by atoms with Gasteiger partial charge in [0.05, 0.1) is 27.7 Å². The lowest BCUT2D eigenvalue weighted by atomic mass is 10.1. The Hall–Kier alpha value is -2.03. The van der Waals surface area contributed by atoms with Crippen LogP contribution in [-0.2, 0) is 32.7 Å². The average Bonchev–Trinajstić information content (AvgIpc) is 3.02. The monoisotopic (exact) mass is 697 g/mol. The molecule has 0 saturated heterocycles. The number of nitrogens with zero attached hydrogens (tertiary/aromatic N) is 1. The minimum Gasteiger partial charge on any atom is -0.756 e. The van der Waals surface area contributed by atoms with Crippen LogP contribution in [0.5, 0.6) is 0 Å². The summed E-state index contributed by atoms with van der Waals surface area (Å²) < 4.78 is 33.6. The van der Waals surface area contributed by atoms with Crippen LogP contribution in [0.1, 0.15) is 129 Å². The van der Waals surface area contributed by atoms with Crippen LogP contribution in [0, 0.1) is 0 Å². The van der Waals surface area contributed by atoms with Gasteiger partial charge >= 0.3 is 11.9 Å². The van der Waals surface area contributed by atoms with Gasteiger partial charge in [-0.2, -0.15) is 0 Å². The zero-order chi connectivity index (χ0) is 35.8. The van der Waals surface area contributed by atoms with E-state index in [1.54, 1.807) is 0 Å². The van der Waals surface area contributed by atoms with Crippen LogP contribution in [-0.4, -0.2) is 70.0 Å². The number of likely N-dealkylation sites (N-methyl/N-ethyl adjacent to an activating group) is 1. The van der Waals surface area contributed by atoms with Crippen molar-refractivity contribution in [2.75, 3.05) is 47.5 Å². The first-order valence-corrected chi connectivity index (χ1v) is 19.8. The molecule has 0 amide bonds. The van der Waals surface area contributed by atoms with Crippen LogP contribution >= 0.6 is 7.82 Å². The molecule has 0 rings (SSSR count). The van der Waals surface area contributed by atoms with Crippen molar-refractivity contribution in [2.45, 2.75) is 136 Å². The minimum absolute atomic E-state index is 0.0385. The fourth-order valence-electron chi connectivity index (χ4n) is 4.47. The number of rotatable bonds is 32. The molecular formula is C38H68NO8P. The van der Waals surface area contributed by atoms with Crippen molar-refractivity contribution in [2.24, 2.45) is 0 Å². The third kappa shape index (κ3) is 33.9. The Labute approximate surface area is 293 Å². The minimum atomic E-state index is -4.62. The first-order valence-electron chi connectivity index (χ1n) is 18.3. The molecule has 9 nitrogen and oxygen atoms in total. The van der Waals surface area contributed by atoms with Gasteiger partial charge in [-0.3, -0.25) is 14.2 Å². The lowest BCUT2D eigenvalue weighted by Crippen LogP contribution is -2.37. The van der Waals surface area contributed by atoms with Crippen molar-refractivity contribution in [1.82, 2.24) is 0 Å². The molecule has 0 spiro atoms. The molecule has 0 radical (unpaired) electrons. The zero-order valence-corrected chi connectivity index (χ0v) is 31.8. The predicted octanol–water partition coefficient (Wildman–Crippen LogP) is 8.94. The van der Waals surface area contributed by atoms with E-state index in [0.717, 1.165) is 57.8 Å². The molecule has 0 aliphatic rings. The van der Waals surface area contributed by atoms with E-state index in [1.807, 2.05) is 21.1 Å². The second kappa shape index (κ2) is 31.0. The number of unbranched alkanes of at least 4 members (excludes halogenated alkanes) is 10. The van der Waals surface area contributed by atoms with Gasteiger partial charge in [0.25, 0.3) is 7.82 Å². The van der Waals surface area contributed by atoms with Crippen molar-refractivity contribution < 1.29 is 42.1 Å². The first-order chi connectivity index (χ1) is 23.0. The number of phosphoric ester groups is 1. The molecule has 0 bridgehead atoms. The Bertz CT molecular complexity index is 970. The summed E-state index contributed by atoms with van der Waals surface area (Å²) in [6.07, 6.45) is 32.9. The first kappa shape index (κ1) is 46.0. The van der Waals surface area contributed by atoms with Gasteiger partial charge in [-0.05, 0) is 51.4 Å². The van der Waals surface area contributed by atoms with Crippen LogP contribution in [0.25, 0.3) is 0 Å². The van der Waals surface area contributed by atoms with Crippen molar-refractivity contribution in [3.05, 3.63) is 48.6 Å². The summed E-state index contributed by atoms with van der Waals surface area (Å²) in [6.45, 7) is 4.00. The van der Waals surface area contributed by atoms with E-state index in [-0.39, 0.29) is 26.1 Å². The van der Waals surface area contributed by atoms with Gasteiger partial charge in [-0.1, -0.05) is 114 Å². The largest absolute Gasteiger partial charge is 0.756 e. The molecule has 10 heteroatoms. The van der Waals surface area contributed by atoms with Crippen LogP contribution in [0.3, 0.4) is 0 Å². The summed E-state index contributed by atoms with van der Waals surface area (Å²) in [5.74, 6) is -0.892. The predicted molar refractivity (Wildman–Crippen MR) is 194 cm³/mol. The van der Waals surface area contributed by atoms with Crippen molar-refractivity contribution >= 4 is 19.8 Å². The van der Waals surface area contributed by atoms with Crippen molar-refractivity contribution in [3.63, 3.8) is 0 Å². The summed E-state index contributed by atoms with van der Waals surface area (Å²) in [6, 6.07) is 0. The number of allylic oxidation sites excluding steroid dienone is 8. The van der Waals surface area contributed by atoms with Gasteiger partial charge in [-0.25, -0.2) is 0 Å². The van der Waals surface area contributed by atoms with E-state index >= 15 is 0 Å². The summed E-state index contributed by atoms with van der Waals surface area (Å²) in [5.41, 5.74) is 0. The highest BCUT2D eigenvalue weighted by atomic mass is 31.2. The molecule has 0 aliphatic carbocycles. The number of esters is 2. The second-order valence-electron chi connectivity index (χ2n) is 13.2. The number of phosphoric acid groups is 1. The van der Waals surface area contributed by atoms with Crippen molar-refractivity contribution in [3.8, 4) is 0 Å². The molecule has 0 aliphatic heterocycles. The van der Waals surface area contributed by atoms with E-state index in [0.29, 0.717) is 23.9 Å². The fourth-order valence-corrected chi connectivity index (χ4v) is 5.19. The highest BCUT2D eigenvalue weighted by Crippen LogP contribution is 2.38. The van der Waals surface area contributed by atoms with E-state index in [2.05, 4.69) is 62.5 Å². The molecule has 0 aromatic carbocycles. The number of carbonyl (C=O) groups excluding carboxylic acids is 2. The number of hydrogen-bond acceptors (Lipinski definition) is 8. The summed E-state index contributed by atoms with van der Waals surface area (Å²) in [7, 11) is 1.13. The number of hydrogen-bond donors (Lipinski definition) is 0. The molecule has 1 unspecified atom stereocenters. The molecule has 278 valence electrons. The van der Waals surface area contributed by atoms with Gasteiger partial charge in [0, 0.05) is 12.8 Å². The molecule has 2 atom stereocenters. The van der Waals surface area contributed by atoms with Gasteiger partial charge in [0.2, 0.25) is 0 Å². The Kier molecular flexibility index (Phi) is 29.7. The Balaban J connectivity index is 4.52. The molecule has 48 heavy (non-hydrogen) atoms. The van der Waals surface area contributed by atoms with E-state index in [4.69, 9.17) is 18.5 Å². The molecule has 0 heterocycles. The van der Waals surface area contributed by atoms with Gasteiger partial charge < -0.3 is 27.9 Å². The van der Waals surface area contributed by atoms with Gasteiger partial charge in [0.1, 0.15) is 19.8 Å². The Morgan fingerprint density at radius 2 is 1.19 bits per heavy atom. The second-order valence-corrected chi connectivity index (χ2v) is 14.6. The summed E-state index contributed by atoms with van der Waals surface area (Å²) >= 11 is 0. The summed E-state index contributed by atoms with van der Waals surface area (Å²) in [5, 5.41) is 0. The lowest BCUT2D eigenvalue weighted by molar-refractivity contribution is -0.870. The smallest absolute Gasteiger partial charge is 0.306 e. The SMILES string of the molecule is CC/C=C/C/C=C/C/C=C/C/C=C/CCCCC(=O)OC[C@@H](COP(=O)([O-])OCC[N+](C)(C)C)OC(=O)CCCCCCCCCCC. The molecule has 0 saturated carbocycles. The average molecular weight is 698 g/mol. The maximum Gasteiger partial charge on any atom is 0.306 e. The van der Waals surface area contributed by atoms with Crippen LogP contribution in [0.15, 0.2) is 48.6 Å². The maximum absolute atomic E-state index is 12.5. The van der Waals surface area contributed by atoms with Crippen LogP contribution in [0.2, 0.25) is 0 Å². The molecule has 0 aromatic heterocycles.